The molecule has 0 fully saturated rings. The van der Waals surface area contributed by atoms with Crippen LogP contribution in [0.2, 0.25) is 0 Å². The predicted octanol–water partition coefficient (Wildman–Crippen LogP) is 1.70. The van der Waals surface area contributed by atoms with Crippen molar-refractivity contribution in [1.29, 1.82) is 0 Å². The van der Waals surface area contributed by atoms with E-state index in [4.69, 9.17) is 0 Å². The minimum Gasteiger partial charge on any atom is -0.412 e. The normalized spacial score (nSPS) is 14.8. The summed E-state index contributed by atoms with van der Waals surface area (Å²) >= 11 is 0. The van der Waals surface area contributed by atoms with Crippen LogP contribution in [0.1, 0.15) is 27.7 Å². The fourth-order valence-corrected chi connectivity index (χ4v) is 4.02. The maximum absolute atomic E-state index is 10.3. The standard InChI is InChI=1S/C8H21OP.H2O/c1-5-10(9,6-2,7-3)8-4;/h9H,5-8H2,1-4H3;1H2. The molecule has 0 aromatic carbocycles. The molecular weight excluding hydrogens is 159 g/mol. The zero-order valence-corrected chi connectivity index (χ0v) is 9.12. The zero-order chi connectivity index (χ0) is 8.28. The van der Waals surface area contributed by atoms with Crippen molar-refractivity contribution in [3.05, 3.63) is 0 Å². The first kappa shape index (κ1) is 13.9. The molecule has 0 bridgehead atoms. The second kappa shape index (κ2) is 4.39. The van der Waals surface area contributed by atoms with Gasteiger partial charge in [-0.05, 0) is 0 Å². The Morgan fingerprint density at radius 3 is 1.00 bits per heavy atom. The molecule has 0 saturated carbocycles. The zero-order valence-electron chi connectivity index (χ0n) is 8.22. The van der Waals surface area contributed by atoms with Gasteiger partial charge in [0.05, 0.1) is 0 Å². The third-order valence-electron chi connectivity index (χ3n) is 3.25. The Balaban J connectivity index is 0. The average molecular weight is 182 g/mol. The molecule has 0 aliphatic heterocycles. The van der Waals surface area contributed by atoms with Gasteiger partial charge in [-0.3, -0.25) is 0 Å². The van der Waals surface area contributed by atoms with E-state index in [1.807, 2.05) is 0 Å². The first-order valence-electron chi connectivity index (χ1n) is 4.29. The Morgan fingerprint density at radius 1 is 0.818 bits per heavy atom. The Kier molecular flexibility index (Phi) is 5.56. The van der Waals surface area contributed by atoms with E-state index >= 15 is 0 Å². The van der Waals surface area contributed by atoms with Crippen molar-refractivity contribution < 1.29 is 10.4 Å². The van der Waals surface area contributed by atoms with Gasteiger partial charge in [-0.25, -0.2) is 0 Å². The number of hydrogen-bond acceptors (Lipinski definition) is 1. The molecule has 72 valence electrons. The van der Waals surface area contributed by atoms with E-state index in [2.05, 4.69) is 27.7 Å². The minimum absolute atomic E-state index is 0. The molecule has 0 aromatic rings. The number of hydrogen-bond donors (Lipinski definition) is 1. The van der Waals surface area contributed by atoms with Gasteiger partial charge in [0.1, 0.15) is 0 Å². The smallest absolute Gasteiger partial charge is 0.412 e. The van der Waals surface area contributed by atoms with E-state index in [9.17, 15) is 4.89 Å². The fourth-order valence-electron chi connectivity index (χ4n) is 1.34. The SMILES string of the molecule is CCP(O)(CC)(CC)CC.O. The summed E-state index contributed by atoms with van der Waals surface area (Å²) < 4.78 is 0. The topological polar surface area (TPSA) is 51.7 Å². The van der Waals surface area contributed by atoms with Crippen LogP contribution in [-0.2, 0) is 0 Å². The number of rotatable bonds is 4. The second-order valence-electron chi connectivity index (χ2n) is 3.17. The molecule has 0 unspecified atom stereocenters. The van der Waals surface area contributed by atoms with E-state index in [0.717, 1.165) is 24.6 Å². The molecule has 11 heavy (non-hydrogen) atoms. The minimum atomic E-state index is -2.15. The predicted molar refractivity (Wildman–Crippen MR) is 54.9 cm³/mol. The summed E-state index contributed by atoms with van der Waals surface area (Å²) in [5, 5.41) is 0. The maximum Gasteiger partial charge on any atom is -0.412 e. The molecule has 0 spiro atoms. The monoisotopic (exact) mass is 182 g/mol. The Bertz CT molecular complexity index is 87.1. The van der Waals surface area contributed by atoms with Crippen molar-refractivity contribution in [2.24, 2.45) is 0 Å². The molecule has 0 radical (unpaired) electrons. The molecule has 2 nitrogen and oxygen atoms in total. The van der Waals surface area contributed by atoms with E-state index in [1.165, 1.54) is 0 Å². The van der Waals surface area contributed by atoms with Gasteiger partial charge >= 0.3 is 64.1 Å². The quantitative estimate of drug-likeness (QED) is 0.661. The first-order chi connectivity index (χ1) is 4.54. The molecule has 3 heteroatoms. The van der Waals surface area contributed by atoms with Crippen LogP contribution in [0.15, 0.2) is 0 Å². The summed E-state index contributed by atoms with van der Waals surface area (Å²) in [4.78, 5) is 10.3. The summed E-state index contributed by atoms with van der Waals surface area (Å²) in [6, 6.07) is 0. The summed E-state index contributed by atoms with van der Waals surface area (Å²) in [7, 11) is 0. The van der Waals surface area contributed by atoms with Crippen LogP contribution < -0.4 is 0 Å². The maximum atomic E-state index is 10.3. The Morgan fingerprint density at radius 2 is 1.00 bits per heavy atom. The summed E-state index contributed by atoms with van der Waals surface area (Å²) in [6.45, 7) is 6.32. The molecule has 0 saturated heterocycles. The van der Waals surface area contributed by atoms with Crippen LogP contribution in [0.4, 0.5) is 0 Å². The molecule has 0 aliphatic carbocycles. The van der Waals surface area contributed by atoms with Crippen LogP contribution in [0.25, 0.3) is 0 Å². The summed E-state index contributed by atoms with van der Waals surface area (Å²) in [5.74, 6) is 0. The summed E-state index contributed by atoms with van der Waals surface area (Å²) in [6.07, 6.45) is 3.98. The van der Waals surface area contributed by atoms with Gasteiger partial charge < -0.3 is 5.48 Å². The largest absolute Gasteiger partial charge is 0.412 e. The van der Waals surface area contributed by atoms with E-state index < -0.39 is 6.83 Å². The second-order valence-corrected chi connectivity index (χ2v) is 9.52. The molecule has 0 heterocycles. The van der Waals surface area contributed by atoms with Crippen LogP contribution >= 0.6 is 6.83 Å². The Labute approximate surface area is 70.3 Å². The molecule has 0 amide bonds. The van der Waals surface area contributed by atoms with Crippen LogP contribution in [0.5, 0.6) is 0 Å². The van der Waals surface area contributed by atoms with E-state index in [-0.39, 0.29) is 5.48 Å². The molecule has 0 atom stereocenters. The molecule has 0 aromatic heterocycles. The molecular formula is C8H23O2P. The average Bonchev–Trinajstić information content (AvgIpc) is 2.04. The molecule has 0 aliphatic rings. The summed E-state index contributed by atoms with van der Waals surface area (Å²) in [5.41, 5.74) is 0. The van der Waals surface area contributed by atoms with Gasteiger partial charge in [-0.2, -0.15) is 0 Å². The Hall–Kier alpha value is 0.350. The van der Waals surface area contributed by atoms with Gasteiger partial charge in [0.2, 0.25) is 0 Å². The third-order valence-corrected chi connectivity index (χ3v) is 9.75. The van der Waals surface area contributed by atoms with Gasteiger partial charge in [0.15, 0.2) is 0 Å². The van der Waals surface area contributed by atoms with E-state index in [1.54, 1.807) is 0 Å². The van der Waals surface area contributed by atoms with Crippen LogP contribution in [0, 0.1) is 0 Å². The van der Waals surface area contributed by atoms with Crippen molar-refractivity contribution in [3.8, 4) is 0 Å². The fraction of sp³-hybridized carbons (Fsp3) is 1.00. The van der Waals surface area contributed by atoms with Gasteiger partial charge in [0, 0.05) is 0 Å². The van der Waals surface area contributed by atoms with E-state index in [0.29, 0.717) is 0 Å². The van der Waals surface area contributed by atoms with Crippen molar-refractivity contribution in [1.82, 2.24) is 0 Å². The van der Waals surface area contributed by atoms with Crippen molar-refractivity contribution in [3.63, 3.8) is 0 Å². The van der Waals surface area contributed by atoms with Gasteiger partial charge in [-0.1, -0.05) is 0 Å². The third kappa shape index (κ3) is 2.70. The molecule has 0 rings (SSSR count). The van der Waals surface area contributed by atoms with Gasteiger partial charge in [-0.15, -0.1) is 0 Å². The first-order valence-corrected chi connectivity index (χ1v) is 7.22. The molecule has 3 N–H and O–H groups in total. The van der Waals surface area contributed by atoms with Crippen molar-refractivity contribution in [2.45, 2.75) is 27.7 Å². The van der Waals surface area contributed by atoms with Crippen LogP contribution in [0.3, 0.4) is 0 Å². The van der Waals surface area contributed by atoms with Crippen molar-refractivity contribution >= 4 is 6.83 Å². The van der Waals surface area contributed by atoms with Crippen LogP contribution in [-0.4, -0.2) is 35.0 Å². The van der Waals surface area contributed by atoms with Gasteiger partial charge in [0.25, 0.3) is 0 Å². The van der Waals surface area contributed by atoms with Crippen molar-refractivity contribution in [2.75, 3.05) is 24.6 Å².